The van der Waals surface area contributed by atoms with Gasteiger partial charge in [0.15, 0.2) is 21.0 Å². The highest BCUT2D eigenvalue weighted by atomic mass is 32.2. The molecule has 1 atom stereocenters. The Hall–Kier alpha value is -3.24. The molecule has 1 aromatic carbocycles. The lowest BCUT2D eigenvalue weighted by Gasteiger charge is -2.25. The zero-order chi connectivity index (χ0) is 21.9. The van der Waals surface area contributed by atoms with Crippen LogP contribution in [0.1, 0.15) is 13.3 Å². The van der Waals surface area contributed by atoms with Crippen molar-refractivity contribution < 1.29 is 22.8 Å². The third-order valence-corrected chi connectivity index (χ3v) is 7.20. The second kappa shape index (κ2) is 8.25. The van der Waals surface area contributed by atoms with Gasteiger partial charge in [0.2, 0.25) is 0 Å². The summed E-state index contributed by atoms with van der Waals surface area (Å²) in [4.78, 5) is 28.5. The molecule has 2 aromatic heterocycles. The lowest BCUT2D eigenvalue weighted by molar-refractivity contribution is -0.131. The first-order valence-corrected chi connectivity index (χ1v) is 10.9. The average molecular weight is 431 g/mol. The van der Waals surface area contributed by atoms with E-state index in [2.05, 4.69) is 4.98 Å². The molecule has 1 amide bonds. The molecule has 30 heavy (non-hydrogen) atoms. The van der Waals surface area contributed by atoms with E-state index in [1.807, 2.05) is 24.3 Å². The number of nitrogens with one attached hydrogen (secondary N) is 1. The lowest BCUT2D eigenvalue weighted by Crippen LogP contribution is -2.49. The summed E-state index contributed by atoms with van der Waals surface area (Å²) in [5.74, 6) is -1.04. The van der Waals surface area contributed by atoms with Gasteiger partial charge in [-0.2, -0.15) is 0 Å². The van der Waals surface area contributed by atoms with Crippen molar-refractivity contribution in [1.82, 2.24) is 15.0 Å². The molecule has 0 unspecified atom stereocenters. The highest BCUT2D eigenvalue weighted by Gasteiger charge is 2.43. The molecule has 0 aliphatic rings. The second-order valence-electron chi connectivity index (χ2n) is 7.09. The van der Waals surface area contributed by atoms with Gasteiger partial charge < -0.3 is 8.98 Å². The summed E-state index contributed by atoms with van der Waals surface area (Å²) in [5, 5.41) is 8.89. The van der Waals surface area contributed by atoms with Gasteiger partial charge in [-0.25, -0.2) is 18.9 Å². The Morgan fingerprint density at radius 2 is 1.87 bits per heavy atom. The maximum absolute atomic E-state index is 12.5. The Morgan fingerprint density at radius 3 is 2.40 bits per heavy atom. The van der Waals surface area contributed by atoms with E-state index < -0.39 is 20.5 Å². The van der Waals surface area contributed by atoms with Crippen molar-refractivity contribution >= 4 is 15.7 Å². The number of oxazole rings is 1. The predicted molar refractivity (Wildman–Crippen MR) is 109 cm³/mol. The largest absolute Gasteiger partial charge is 0.451 e. The Morgan fingerprint density at radius 1 is 1.20 bits per heavy atom. The number of carbonyl (C=O) groups is 1. The van der Waals surface area contributed by atoms with Crippen LogP contribution in [-0.2, 0) is 21.2 Å². The van der Waals surface area contributed by atoms with E-state index in [4.69, 9.17) is 9.62 Å². The number of hydroxylamine groups is 1. The first-order valence-electron chi connectivity index (χ1n) is 8.99. The number of rotatable bonds is 7. The number of nitrogens with zero attached hydrogens (tertiary/aromatic N) is 2. The molecule has 0 aliphatic heterocycles. The molecular weight excluding hydrogens is 410 g/mol. The average Bonchev–Trinajstić information content (AvgIpc) is 3.26. The molecule has 0 fully saturated rings. The number of benzene rings is 1. The normalized spacial score (nSPS) is 13.6. The smallest absolute Gasteiger partial charge is 0.264 e. The first-order chi connectivity index (χ1) is 14.2. The van der Waals surface area contributed by atoms with Crippen LogP contribution in [0.2, 0.25) is 0 Å². The third-order valence-electron chi connectivity index (χ3n) is 5.17. The van der Waals surface area contributed by atoms with Crippen molar-refractivity contribution in [3.8, 4) is 22.4 Å². The number of hydrogen-bond acceptors (Lipinski definition) is 7. The van der Waals surface area contributed by atoms with Gasteiger partial charge in [0, 0.05) is 30.6 Å². The van der Waals surface area contributed by atoms with Gasteiger partial charge in [0.05, 0.1) is 0 Å². The maximum Gasteiger partial charge on any atom is 0.264 e. The fourth-order valence-electron chi connectivity index (χ4n) is 2.98. The quantitative estimate of drug-likeness (QED) is 0.431. The van der Waals surface area contributed by atoms with Gasteiger partial charge in [-0.3, -0.25) is 14.8 Å². The number of carbonyl (C=O) groups excluding carboxylic acids is 1. The van der Waals surface area contributed by atoms with Crippen LogP contribution >= 0.6 is 0 Å². The number of pyridine rings is 1. The summed E-state index contributed by atoms with van der Waals surface area (Å²) in [7, 11) is -3.83. The molecule has 9 nitrogen and oxygen atoms in total. The zero-order valence-electron chi connectivity index (χ0n) is 16.4. The highest BCUT2D eigenvalue weighted by molar-refractivity contribution is 7.92. The second-order valence-corrected chi connectivity index (χ2v) is 9.54. The summed E-state index contributed by atoms with van der Waals surface area (Å²) >= 11 is 0. The van der Waals surface area contributed by atoms with E-state index in [1.165, 1.54) is 35.7 Å². The van der Waals surface area contributed by atoms with Gasteiger partial charge in [0.1, 0.15) is 12.0 Å². The number of sulfone groups is 1. The van der Waals surface area contributed by atoms with Crippen molar-refractivity contribution in [1.29, 1.82) is 0 Å². The highest BCUT2D eigenvalue weighted by Crippen LogP contribution is 2.24. The molecule has 0 saturated heterocycles. The summed E-state index contributed by atoms with van der Waals surface area (Å²) in [6.07, 6.45) is 5.17. The third kappa shape index (κ3) is 4.19. The number of aromatic nitrogens is 2. The maximum atomic E-state index is 12.5. The molecule has 0 bridgehead atoms. The zero-order valence-corrected chi connectivity index (χ0v) is 17.2. The van der Waals surface area contributed by atoms with Gasteiger partial charge in [-0.15, -0.1) is 0 Å². The van der Waals surface area contributed by atoms with Crippen molar-refractivity contribution in [3.05, 3.63) is 65.6 Å². The van der Waals surface area contributed by atoms with E-state index in [0.29, 0.717) is 11.3 Å². The van der Waals surface area contributed by atoms with Crippen LogP contribution in [-0.4, -0.2) is 40.1 Å². The van der Waals surface area contributed by atoms with Crippen molar-refractivity contribution in [2.75, 3.05) is 6.26 Å². The van der Waals surface area contributed by atoms with Crippen LogP contribution in [0.25, 0.3) is 22.4 Å². The van der Waals surface area contributed by atoms with E-state index in [1.54, 1.807) is 12.3 Å². The molecule has 0 radical (unpaired) electrons. The molecule has 0 saturated carbocycles. The SMILES string of the molecule is C[C@@](CCn1ccc(-c2ccc(-c3cocn3)cc2)cc1=O)(C(=O)NO)S(C)(=O)=O. The predicted octanol–water partition coefficient (Wildman–Crippen LogP) is 1.87. The molecule has 158 valence electrons. The Kier molecular flexibility index (Phi) is 5.90. The molecule has 0 aliphatic carbocycles. The molecule has 3 aromatic rings. The molecule has 2 heterocycles. The van der Waals surface area contributed by atoms with Crippen LogP contribution in [0, 0.1) is 0 Å². The molecule has 2 N–H and O–H groups in total. The monoisotopic (exact) mass is 431 g/mol. The van der Waals surface area contributed by atoms with E-state index in [-0.39, 0.29) is 18.5 Å². The fraction of sp³-hybridized carbons (Fsp3) is 0.250. The van der Waals surface area contributed by atoms with Gasteiger partial charge in [-0.1, -0.05) is 24.3 Å². The van der Waals surface area contributed by atoms with Crippen molar-refractivity contribution in [3.63, 3.8) is 0 Å². The van der Waals surface area contributed by atoms with Crippen LogP contribution < -0.4 is 11.0 Å². The number of aryl methyl sites for hydroxylation is 1. The van der Waals surface area contributed by atoms with Gasteiger partial charge in [0.25, 0.3) is 11.5 Å². The minimum atomic E-state index is -3.83. The van der Waals surface area contributed by atoms with Crippen molar-refractivity contribution in [2.45, 2.75) is 24.6 Å². The van der Waals surface area contributed by atoms with Gasteiger partial charge in [-0.05, 0) is 30.5 Å². The standard InChI is InChI=1S/C20H21N3O6S/c1-20(19(25)22-26,30(2,27)28)8-10-23-9-7-16(11-18(23)24)14-3-5-15(6-4-14)17-12-29-13-21-17/h3-7,9,11-13,26H,8,10H2,1-2H3,(H,22,25)/t20-/m1/s1. The van der Waals surface area contributed by atoms with E-state index >= 15 is 0 Å². The van der Waals surface area contributed by atoms with Gasteiger partial charge >= 0.3 is 0 Å². The van der Waals surface area contributed by atoms with Crippen LogP contribution in [0.15, 0.2) is 64.5 Å². The lowest BCUT2D eigenvalue weighted by atomic mass is 10.0. The van der Waals surface area contributed by atoms with E-state index in [0.717, 1.165) is 17.4 Å². The summed E-state index contributed by atoms with van der Waals surface area (Å²) in [6.45, 7) is 1.20. The Labute approximate surface area is 172 Å². The van der Waals surface area contributed by atoms with Crippen LogP contribution in [0.4, 0.5) is 0 Å². The fourth-order valence-corrected chi connectivity index (χ4v) is 3.82. The first kappa shape index (κ1) is 21.5. The Bertz CT molecular complexity index is 1200. The topological polar surface area (TPSA) is 132 Å². The summed E-state index contributed by atoms with van der Waals surface area (Å²) < 4.78 is 28.5. The molecular formula is C20H21N3O6S. The summed E-state index contributed by atoms with van der Waals surface area (Å²) in [5.41, 5.74) is 4.16. The number of amides is 1. The number of hydrogen-bond donors (Lipinski definition) is 2. The van der Waals surface area contributed by atoms with Crippen LogP contribution in [0.5, 0.6) is 0 Å². The minimum absolute atomic E-state index is 0.0127. The van der Waals surface area contributed by atoms with E-state index in [9.17, 15) is 18.0 Å². The molecule has 0 spiro atoms. The Balaban J connectivity index is 1.80. The van der Waals surface area contributed by atoms with Crippen LogP contribution in [0.3, 0.4) is 0 Å². The molecule has 3 rings (SSSR count). The van der Waals surface area contributed by atoms with Crippen molar-refractivity contribution in [2.24, 2.45) is 0 Å². The minimum Gasteiger partial charge on any atom is -0.451 e. The summed E-state index contributed by atoms with van der Waals surface area (Å²) in [6, 6.07) is 10.6. The molecule has 10 heteroatoms.